The lowest BCUT2D eigenvalue weighted by atomic mass is 10.6. The molecule has 0 amide bonds. The molecule has 7 nitrogen and oxygen atoms in total. The number of likely N-dealkylation sites (N-methyl/N-ethyl adjacent to an activating group) is 1. The smallest absolute Gasteiger partial charge is 0.216 e. The fraction of sp³-hybridized carbons (Fsp3) is 0.857. The van der Waals surface area contributed by atoms with Crippen LogP contribution in [0.5, 0.6) is 0 Å². The number of nitrogens with zero attached hydrogens (tertiary/aromatic N) is 2. The summed E-state index contributed by atoms with van der Waals surface area (Å²) in [5.41, 5.74) is 5.24. The van der Waals surface area contributed by atoms with E-state index in [9.17, 15) is 8.42 Å². The average molecular weight is 239 g/mol. The van der Waals surface area contributed by atoms with Crippen LogP contribution >= 0.6 is 0 Å². The van der Waals surface area contributed by atoms with Crippen molar-refractivity contribution in [2.75, 3.05) is 32.6 Å². The Kier molecular flexibility index (Phi) is 6.21. The highest BCUT2D eigenvalue weighted by Crippen LogP contribution is 2.00. The normalized spacial score (nSPS) is 13.4. The monoisotopic (exact) mass is 239 g/mol. The summed E-state index contributed by atoms with van der Waals surface area (Å²) >= 11 is 0. The van der Waals surface area contributed by atoms with E-state index in [2.05, 4.69) is 9.89 Å². The highest BCUT2D eigenvalue weighted by atomic mass is 32.2. The predicted octanol–water partition coefficient (Wildman–Crippen LogP) is -0.969. The summed E-state index contributed by atoms with van der Waals surface area (Å²) in [7, 11) is -1.98. The van der Waals surface area contributed by atoms with Crippen LogP contribution in [0.25, 0.3) is 0 Å². The lowest BCUT2D eigenvalue weighted by Gasteiger charge is -2.19. The average Bonchev–Trinajstić information content (AvgIpc) is 2.22. The Morgan fingerprint density at radius 1 is 1.60 bits per heavy atom. The van der Waals surface area contributed by atoms with Gasteiger partial charge in [0.2, 0.25) is 10.0 Å². The van der Waals surface area contributed by atoms with E-state index in [1.165, 1.54) is 7.11 Å². The molecular weight excluding hydrogens is 222 g/mol. The quantitative estimate of drug-likeness (QED) is 0.257. The second kappa shape index (κ2) is 6.59. The minimum absolute atomic E-state index is 0.112. The molecule has 0 bridgehead atoms. The van der Waals surface area contributed by atoms with Crippen molar-refractivity contribution in [3.8, 4) is 0 Å². The summed E-state index contributed by atoms with van der Waals surface area (Å²) in [6.07, 6.45) is 0. The molecule has 0 saturated heterocycles. The highest BCUT2D eigenvalue weighted by molar-refractivity contribution is 7.89. The van der Waals surface area contributed by atoms with E-state index >= 15 is 0 Å². The number of methoxy groups -OCH3 is 1. The van der Waals surface area contributed by atoms with Crippen molar-refractivity contribution in [1.82, 2.24) is 4.31 Å². The van der Waals surface area contributed by atoms with Crippen LogP contribution in [0.2, 0.25) is 0 Å². The zero-order valence-electron chi connectivity index (χ0n) is 8.88. The zero-order valence-corrected chi connectivity index (χ0v) is 9.70. The van der Waals surface area contributed by atoms with E-state index in [0.29, 0.717) is 0 Å². The number of amidine groups is 1. The van der Waals surface area contributed by atoms with Crippen molar-refractivity contribution in [3.63, 3.8) is 0 Å². The van der Waals surface area contributed by atoms with E-state index < -0.39 is 10.0 Å². The Hall–Kier alpha value is -0.860. The Balaban J connectivity index is 4.51. The van der Waals surface area contributed by atoms with Gasteiger partial charge in [-0.1, -0.05) is 12.1 Å². The Bertz CT molecular complexity index is 301. The number of sulfonamides is 1. The number of hydrogen-bond donors (Lipinski definition) is 2. The first kappa shape index (κ1) is 14.1. The summed E-state index contributed by atoms with van der Waals surface area (Å²) in [6.45, 7) is 1.95. The van der Waals surface area contributed by atoms with E-state index in [1.807, 2.05) is 0 Å². The summed E-state index contributed by atoms with van der Waals surface area (Å²) in [4.78, 5) is 0. The fourth-order valence-electron chi connectivity index (χ4n) is 0.937. The van der Waals surface area contributed by atoms with Crippen molar-refractivity contribution in [2.45, 2.75) is 6.92 Å². The van der Waals surface area contributed by atoms with Crippen LogP contribution in [0.4, 0.5) is 0 Å². The predicted molar refractivity (Wildman–Crippen MR) is 56.3 cm³/mol. The van der Waals surface area contributed by atoms with Crippen molar-refractivity contribution in [3.05, 3.63) is 0 Å². The van der Waals surface area contributed by atoms with Crippen LogP contribution in [0.3, 0.4) is 0 Å². The first-order valence-corrected chi connectivity index (χ1v) is 6.02. The van der Waals surface area contributed by atoms with E-state index in [4.69, 9.17) is 10.9 Å². The van der Waals surface area contributed by atoms with E-state index in [0.717, 1.165) is 4.31 Å². The van der Waals surface area contributed by atoms with Gasteiger partial charge in [-0.3, -0.25) is 0 Å². The van der Waals surface area contributed by atoms with Gasteiger partial charge in [-0.2, -0.15) is 4.31 Å². The van der Waals surface area contributed by atoms with Crippen molar-refractivity contribution in [2.24, 2.45) is 10.9 Å². The van der Waals surface area contributed by atoms with Crippen LogP contribution in [0.15, 0.2) is 5.16 Å². The molecule has 0 fully saturated rings. The van der Waals surface area contributed by atoms with Gasteiger partial charge in [-0.05, 0) is 0 Å². The molecular formula is C7H17N3O4S. The fourth-order valence-corrected chi connectivity index (χ4v) is 2.29. The van der Waals surface area contributed by atoms with Gasteiger partial charge < -0.3 is 15.7 Å². The van der Waals surface area contributed by atoms with E-state index in [1.54, 1.807) is 6.92 Å². The van der Waals surface area contributed by atoms with Crippen molar-refractivity contribution >= 4 is 15.9 Å². The van der Waals surface area contributed by atoms with Gasteiger partial charge in [0, 0.05) is 13.7 Å². The minimum atomic E-state index is -3.40. The maximum atomic E-state index is 11.6. The molecule has 0 unspecified atom stereocenters. The molecule has 0 aromatic carbocycles. The van der Waals surface area contributed by atoms with Crippen LogP contribution in [-0.4, -0.2) is 56.3 Å². The molecule has 0 aliphatic heterocycles. The molecule has 0 aliphatic rings. The molecule has 0 radical (unpaired) electrons. The molecule has 0 heterocycles. The zero-order chi connectivity index (χ0) is 11.9. The molecule has 0 spiro atoms. The van der Waals surface area contributed by atoms with E-state index in [-0.39, 0.29) is 31.3 Å². The molecule has 8 heteroatoms. The molecule has 0 aromatic heterocycles. The maximum Gasteiger partial charge on any atom is 0.216 e. The first-order valence-electron chi connectivity index (χ1n) is 4.41. The highest BCUT2D eigenvalue weighted by Gasteiger charge is 2.20. The third-order valence-electron chi connectivity index (χ3n) is 1.76. The summed E-state index contributed by atoms with van der Waals surface area (Å²) in [5, 5.41) is 11.1. The molecule has 0 rings (SSSR count). The third-order valence-corrected chi connectivity index (χ3v) is 3.61. The molecule has 0 aliphatic carbocycles. The second-order valence-corrected chi connectivity index (χ2v) is 4.91. The Labute approximate surface area is 89.5 Å². The maximum absolute atomic E-state index is 11.6. The van der Waals surface area contributed by atoms with Crippen molar-refractivity contribution in [1.29, 1.82) is 0 Å². The molecule has 0 atom stereocenters. The summed E-state index contributed by atoms with van der Waals surface area (Å²) in [5.74, 6) is -0.256. The van der Waals surface area contributed by atoms with Crippen molar-refractivity contribution < 1.29 is 18.4 Å². The first-order chi connectivity index (χ1) is 6.97. The van der Waals surface area contributed by atoms with Gasteiger partial charge >= 0.3 is 0 Å². The molecule has 15 heavy (non-hydrogen) atoms. The van der Waals surface area contributed by atoms with Gasteiger partial charge in [0.05, 0.1) is 18.9 Å². The summed E-state index contributed by atoms with van der Waals surface area (Å²) in [6, 6.07) is 0. The summed E-state index contributed by atoms with van der Waals surface area (Å²) < 4.78 is 29.1. The van der Waals surface area contributed by atoms with Crippen LogP contribution in [-0.2, 0) is 14.8 Å². The van der Waals surface area contributed by atoms with Crippen LogP contribution in [0.1, 0.15) is 6.92 Å². The molecule has 0 saturated carbocycles. The SMILES string of the molecule is CCN(CC(N)=NO)S(=O)(=O)CCOC. The Morgan fingerprint density at radius 2 is 2.20 bits per heavy atom. The van der Waals surface area contributed by atoms with Gasteiger partial charge in [0.15, 0.2) is 5.84 Å². The van der Waals surface area contributed by atoms with Gasteiger partial charge in [0.1, 0.15) is 0 Å². The number of rotatable bonds is 7. The van der Waals surface area contributed by atoms with Gasteiger partial charge in [-0.25, -0.2) is 8.42 Å². The molecule has 3 N–H and O–H groups in total. The minimum Gasteiger partial charge on any atom is -0.409 e. The standard InChI is InChI=1S/C7H17N3O4S/c1-3-10(6-7(8)9-11)15(12,13)5-4-14-2/h11H,3-6H2,1-2H3,(H2,8,9). The number of ether oxygens (including phenoxy) is 1. The van der Waals surface area contributed by atoms with Crippen LogP contribution < -0.4 is 5.73 Å². The van der Waals surface area contributed by atoms with Crippen LogP contribution in [0, 0.1) is 0 Å². The lowest BCUT2D eigenvalue weighted by molar-refractivity contribution is 0.215. The number of oxime groups is 1. The van der Waals surface area contributed by atoms with Gasteiger partial charge in [0.25, 0.3) is 0 Å². The second-order valence-electron chi connectivity index (χ2n) is 2.83. The largest absolute Gasteiger partial charge is 0.409 e. The Morgan fingerprint density at radius 3 is 2.60 bits per heavy atom. The molecule has 0 aromatic rings. The number of hydrogen-bond acceptors (Lipinski definition) is 5. The number of nitrogens with two attached hydrogens (primary N) is 1. The van der Waals surface area contributed by atoms with Gasteiger partial charge in [-0.15, -0.1) is 0 Å². The lowest BCUT2D eigenvalue weighted by Crippen LogP contribution is -2.40. The topological polar surface area (TPSA) is 105 Å². The molecule has 90 valence electrons. The third kappa shape index (κ3) is 4.96.